The van der Waals surface area contributed by atoms with E-state index in [0.29, 0.717) is 5.69 Å². The molecule has 3 N–H and O–H groups in total. The summed E-state index contributed by atoms with van der Waals surface area (Å²) in [4.78, 5) is 19.4. The number of carbonyl (C=O) groups excluding carboxylic acids is 1. The van der Waals surface area contributed by atoms with Gasteiger partial charge in [-0.1, -0.05) is 0 Å². The third-order valence-corrected chi connectivity index (χ3v) is 3.06. The molecule has 0 radical (unpaired) electrons. The normalized spacial score (nSPS) is 18.2. The Morgan fingerprint density at radius 3 is 2.56 bits per heavy atom. The first-order valence-corrected chi connectivity index (χ1v) is 5.06. The number of nitrogens with one attached hydrogen (secondary N) is 1. The fourth-order valence-electron chi connectivity index (χ4n) is 1.99. The van der Waals surface area contributed by atoms with Crippen LogP contribution in [0.1, 0.15) is 28.9 Å². The van der Waals surface area contributed by atoms with Crippen LogP contribution in [-0.4, -0.2) is 23.5 Å². The van der Waals surface area contributed by atoms with Gasteiger partial charge in [-0.3, -0.25) is 9.79 Å². The highest BCUT2D eigenvalue weighted by Gasteiger charge is 2.36. The number of aryl methyl sites for hydroxylation is 1. The number of imidazole rings is 1. The third kappa shape index (κ3) is 1.14. The van der Waals surface area contributed by atoms with Gasteiger partial charge in [0.2, 0.25) is 11.4 Å². The maximum atomic E-state index is 12.0. The SMILES string of the molecule is CN=C1C(C)=C(N)C(=O)c2c1[nH]c(C)[n+]2C. The fraction of sp³-hybridized carbons (Fsp3) is 0.364. The summed E-state index contributed by atoms with van der Waals surface area (Å²) < 4.78 is 1.81. The Bertz CT molecular complexity index is 549. The minimum Gasteiger partial charge on any atom is -0.395 e. The second kappa shape index (κ2) is 3.30. The van der Waals surface area contributed by atoms with Crippen molar-refractivity contribution in [1.29, 1.82) is 0 Å². The molecule has 1 heterocycles. The molecule has 0 amide bonds. The van der Waals surface area contributed by atoms with Gasteiger partial charge < -0.3 is 5.73 Å². The lowest BCUT2D eigenvalue weighted by Gasteiger charge is -2.12. The van der Waals surface area contributed by atoms with Crippen molar-refractivity contribution in [2.75, 3.05) is 7.05 Å². The van der Waals surface area contributed by atoms with Crippen molar-refractivity contribution >= 4 is 11.5 Å². The van der Waals surface area contributed by atoms with Crippen LogP contribution in [0.2, 0.25) is 0 Å². The maximum absolute atomic E-state index is 12.0. The molecule has 5 heteroatoms. The highest BCUT2D eigenvalue weighted by atomic mass is 16.1. The number of nitrogens with two attached hydrogens (primary N) is 1. The molecule has 0 spiro atoms. The van der Waals surface area contributed by atoms with E-state index in [2.05, 4.69) is 9.98 Å². The number of nitrogens with zero attached hydrogens (tertiary/aromatic N) is 2. The number of ketones is 1. The van der Waals surface area contributed by atoms with E-state index in [4.69, 9.17) is 5.73 Å². The highest BCUT2D eigenvalue weighted by molar-refractivity contribution is 6.26. The number of allylic oxidation sites excluding steroid dienone is 2. The molecule has 0 fully saturated rings. The first kappa shape index (κ1) is 10.6. The fourth-order valence-corrected chi connectivity index (χ4v) is 1.99. The molecule has 0 saturated carbocycles. The van der Waals surface area contributed by atoms with Crippen molar-refractivity contribution in [3.63, 3.8) is 0 Å². The first-order chi connectivity index (χ1) is 7.49. The number of aliphatic imine (C=N–C) groups is 1. The quantitative estimate of drug-likeness (QED) is 0.602. The van der Waals surface area contributed by atoms with E-state index < -0.39 is 0 Å². The lowest BCUT2D eigenvalue weighted by Crippen LogP contribution is -2.40. The minimum atomic E-state index is -0.133. The van der Waals surface area contributed by atoms with E-state index >= 15 is 0 Å². The summed E-state index contributed by atoms with van der Waals surface area (Å²) in [6.45, 7) is 3.72. The molecule has 1 aliphatic rings. The van der Waals surface area contributed by atoms with Crippen LogP contribution in [0.5, 0.6) is 0 Å². The summed E-state index contributed by atoms with van der Waals surface area (Å²) in [5, 5.41) is 0. The van der Waals surface area contributed by atoms with Gasteiger partial charge in [-0.15, -0.1) is 0 Å². The maximum Gasteiger partial charge on any atom is 0.252 e. The van der Waals surface area contributed by atoms with Crippen molar-refractivity contribution in [2.24, 2.45) is 17.8 Å². The zero-order chi connectivity index (χ0) is 12.0. The number of hydrogen-bond acceptors (Lipinski definition) is 3. The molecule has 0 aromatic carbocycles. The molecule has 1 aliphatic carbocycles. The molecular weight excluding hydrogens is 204 g/mol. The zero-order valence-corrected chi connectivity index (χ0v) is 9.88. The number of hydrogen-bond donors (Lipinski definition) is 2. The van der Waals surface area contributed by atoms with E-state index in [1.165, 1.54) is 0 Å². The van der Waals surface area contributed by atoms with Crippen molar-refractivity contribution in [3.8, 4) is 0 Å². The van der Waals surface area contributed by atoms with Crippen LogP contribution < -0.4 is 10.3 Å². The largest absolute Gasteiger partial charge is 0.395 e. The van der Waals surface area contributed by atoms with Crippen molar-refractivity contribution in [2.45, 2.75) is 13.8 Å². The molecule has 5 nitrogen and oxygen atoms in total. The summed E-state index contributed by atoms with van der Waals surface area (Å²) in [7, 11) is 3.53. The number of rotatable bonds is 0. The van der Waals surface area contributed by atoms with Crippen LogP contribution in [0.25, 0.3) is 0 Å². The summed E-state index contributed by atoms with van der Waals surface area (Å²) in [6, 6.07) is 0. The molecule has 0 bridgehead atoms. The van der Waals surface area contributed by atoms with Crippen LogP contribution >= 0.6 is 0 Å². The highest BCUT2D eigenvalue weighted by Crippen LogP contribution is 2.21. The molecule has 2 rings (SSSR count). The Hall–Kier alpha value is -1.91. The summed E-state index contributed by atoms with van der Waals surface area (Å²) in [6.07, 6.45) is 0. The average molecular weight is 219 g/mol. The number of H-pyrrole nitrogens is 1. The molecule has 84 valence electrons. The molecule has 0 saturated heterocycles. The molecule has 16 heavy (non-hydrogen) atoms. The van der Waals surface area contributed by atoms with Gasteiger partial charge in [0.25, 0.3) is 11.6 Å². The van der Waals surface area contributed by atoms with E-state index in [1.807, 2.05) is 25.5 Å². The van der Waals surface area contributed by atoms with Gasteiger partial charge in [0, 0.05) is 19.5 Å². The van der Waals surface area contributed by atoms with Crippen LogP contribution in [0, 0.1) is 6.92 Å². The molecule has 1 aromatic heterocycles. The molecule has 0 unspecified atom stereocenters. The first-order valence-electron chi connectivity index (χ1n) is 5.06. The number of aromatic nitrogens is 2. The molecule has 1 aromatic rings. The topological polar surface area (TPSA) is 75.1 Å². The Morgan fingerprint density at radius 2 is 2.00 bits per heavy atom. The van der Waals surface area contributed by atoms with E-state index in [9.17, 15) is 4.79 Å². The number of carbonyl (C=O) groups is 1. The van der Waals surface area contributed by atoms with E-state index in [0.717, 1.165) is 22.8 Å². The zero-order valence-electron chi connectivity index (χ0n) is 9.88. The Balaban J connectivity index is 2.82. The number of aromatic amines is 1. The monoisotopic (exact) mass is 219 g/mol. The minimum absolute atomic E-state index is 0.133. The van der Waals surface area contributed by atoms with Gasteiger partial charge in [-0.2, -0.15) is 0 Å². The lowest BCUT2D eigenvalue weighted by molar-refractivity contribution is -0.678. The summed E-state index contributed by atoms with van der Waals surface area (Å²) in [5.41, 5.74) is 8.93. The summed E-state index contributed by atoms with van der Waals surface area (Å²) >= 11 is 0. The van der Waals surface area contributed by atoms with Crippen LogP contribution in [0.4, 0.5) is 0 Å². The standard InChI is InChI=1S/C11H14N4O/c1-5-7(12)11(16)10-9(8(5)13-3)14-6(2)15(10)4/h1-4H3,(H2,12,13)/p+1. The molecule has 0 aliphatic heterocycles. The van der Waals surface area contributed by atoms with E-state index in [1.54, 1.807) is 7.05 Å². The Kier molecular flexibility index (Phi) is 2.18. The van der Waals surface area contributed by atoms with Crippen molar-refractivity contribution < 1.29 is 9.36 Å². The predicted molar refractivity (Wildman–Crippen MR) is 60.4 cm³/mol. The van der Waals surface area contributed by atoms with Gasteiger partial charge in [0.05, 0.1) is 12.7 Å². The van der Waals surface area contributed by atoms with Gasteiger partial charge in [-0.05, 0) is 6.92 Å². The van der Waals surface area contributed by atoms with Crippen molar-refractivity contribution in [3.05, 3.63) is 28.5 Å². The van der Waals surface area contributed by atoms with Crippen molar-refractivity contribution in [1.82, 2.24) is 4.98 Å². The molecule has 0 atom stereocenters. The summed E-state index contributed by atoms with van der Waals surface area (Å²) in [5.74, 6) is 0.772. The second-order valence-electron chi connectivity index (χ2n) is 3.93. The third-order valence-electron chi connectivity index (χ3n) is 3.06. The number of fused-ring (bicyclic) bond motifs is 1. The van der Waals surface area contributed by atoms with E-state index in [-0.39, 0.29) is 11.5 Å². The van der Waals surface area contributed by atoms with Crippen LogP contribution in [0.15, 0.2) is 16.3 Å². The van der Waals surface area contributed by atoms with Crippen LogP contribution in [-0.2, 0) is 7.05 Å². The Morgan fingerprint density at radius 1 is 1.38 bits per heavy atom. The van der Waals surface area contributed by atoms with Crippen LogP contribution in [0.3, 0.4) is 0 Å². The van der Waals surface area contributed by atoms with Gasteiger partial charge >= 0.3 is 0 Å². The number of Topliss-reactive ketones (excluding diaryl/α,β-unsaturated/α-hetero) is 1. The van der Waals surface area contributed by atoms with Gasteiger partial charge in [0.1, 0.15) is 5.71 Å². The lowest BCUT2D eigenvalue weighted by atomic mass is 9.95. The smallest absolute Gasteiger partial charge is 0.252 e. The van der Waals surface area contributed by atoms with Gasteiger partial charge in [0.15, 0.2) is 0 Å². The predicted octanol–water partition coefficient (Wildman–Crippen LogP) is -0.00448. The average Bonchev–Trinajstić information content (AvgIpc) is 2.53. The second-order valence-corrected chi connectivity index (χ2v) is 3.93. The molecular formula is C11H15N4O+. The Labute approximate surface area is 93.7 Å². The van der Waals surface area contributed by atoms with Gasteiger partial charge in [-0.25, -0.2) is 9.55 Å².